The Morgan fingerprint density at radius 3 is 1.77 bits per heavy atom. The van der Waals surface area contributed by atoms with Crippen LogP contribution >= 0.6 is 0 Å². The fraction of sp³-hybridized carbons (Fsp3) is 0.911. The molecule has 0 aromatic heterocycles. The Bertz CT molecular complexity index is 1600. The van der Waals surface area contributed by atoms with Crippen molar-refractivity contribution in [2.24, 2.45) is 94.7 Å². The van der Waals surface area contributed by atoms with Crippen molar-refractivity contribution in [2.75, 3.05) is 0 Å². The van der Waals surface area contributed by atoms with Gasteiger partial charge in [-0.25, -0.2) is 0 Å². The maximum absolute atomic E-state index is 14.2. The quantitative estimate of drug-likeness (QED) is 0.112. The number of ether oxygens (including phenoxy) is 5. The Balaban J connectivity index is 0.00000230. The van der Waals surface area contributed by atoms with Crippen molar-refractivity contribution >= 4 is 29.8 Å². The van der Waals surface area contributed by atoms with E-state index in [0.717, 1.165) is 55.3 Å². The van der Waals surface area contributed by atoms with Gasteiger partial charge in [0.25, 0.3) is 0 Å². The molecule has 9 saturated carbocycles. The van der Waals surface area contributed by atoms with E-state index in [1.54, 1.807) is 0 Å². The van der Waals surface area contributed by atoms with Crippen molar-refractivity contribution in [1.29, 1.82) is 0 Å². The molecule has 10 nitrogen and oxygen atoms in total. The van der Waals surface area contributed by atoms with E-state index in [9.17, 15) is 24.0 Å². The summed E-state index contributed by atoms with van der Waals surface area (Å²) in [6, 6.07) is 0. The summed E-state index contributed by atoms with van der Waals surface area (Å²) in [6.07, 6.45) is 14.4. The van der Waals surface area contributed by atoms with Crippen LogP contribution < -0.4 is 0 Å². The van der Waals surface area contributed by atoms with E-state index in [2.05, 4.69) is 0 Å². The Kier molecular flexibility index (Phi) is 23.3. The second-order valence-corrected chi connectivity index (χ2v) is 21.7. The number of carbonyl (C=O) groups is 5. The highest BCUT2D eigenvalue weighted by atomic mass is 16.6. The average molecular weight is 937 g/mol. The van der Waals surface area contributed by atoms with E-state index in [0.29, 0.717) is 48.9 Å². The molecular formula is C56H104O10. The van der Waals surface area contributed by atoms with Gasteiger partial charge in [0.15, 0.2) is 0 Å². The third-order valence-electron chi connectivity index (χ3n) is 17.5. The Morgan fingerprint density at radius 1 is 0.591 bits per heavy atom. The topological polar surface area (TPSA) is 132 Å². The van der Waals surface area contributed by atoms with Crippen LogP contribution in [0.15, 0.2) is 0 Å². The lowest BCUT2D eigenvalue weighted by molar-refractivity contribution is -0.169. The van der Waals surface area contributed by atoms with Gasteiger partial charge >= 0.3 is 29.8 Å². The van der Waals surface area contributed by atoms with Crippen molar-refractivity contribution in [3.05, 3.63) is 0 Å². The van der Waals surface area contributed by atoms with E-state index in [1.807, 2.05) is 34.6 Å². The zero-order valence-corrected chi connectivity index (χ0v) is 35.2. The lowest BCUT2D eigenvalue weighted by Crippen LogP contribution is -2.40. The summed E-state index contributed by atoms with van der Waals surface area (Å²) in [5.74, 6) is 4.80. The second-order valence-electron chi connectivity index (χ2n) is 21.7. The van der Waals surface area contributed by atoms with Gasteiger partial charge in [-0.05, 0) is 170 Å². The number of carbonyl (C=O) groups excluding carboxylic acids is 5. The van der Waals surface area contributed by atoms with Gasteiger partial charge in [0.1, 0.15) is 30.0 Å². The van der Waals surface area contributed by atoms with Gasteiger partial charge in [-0.2, -0.15) is 0 Å². The van der Waals surface area contributed by atoms with Crippen LogP contribution in [0.2, 0.25) is 0 Å². The smallest absolute Gasteiger partial charge is 0.309 e. The molecule has 20 atom stereocenters. The van der Waals surface area contributed by atoms with Gasteiger partial charge in [-0.15, -0.1) is 0 Å². The minimum Gasteiger partial charge on any atom is -0.462 e. The lowest BCUT2D eigenvalue weighted by atomic mass is 9.70. The number of rotatable bonds is 11. The largest absolute Gasteiger partial charge is 0.462 e. The fourth-order valence-electron chi connectivity index (χ4n) is 15.6. The molecule has 0 amide bonds. The molecule has 1 heterocycles. The monoisotopic (exact) mass is 937 g/mol. The predicted molar refractivity (Wildman–Crippen MR) is 268 cm³/mol. The molecule has 10 rings (SSSR count). The van der Waals surface area contributed by atoms with Gasteiger partial charge < -0.3 is 23.7 Å². The van der Waals surface area contributed by atoms with Gasteiger partial charge in [-0.3, -0.25) is 24.0 Å². The maximum atomic E-state index is 14.2. The Hall–Kier alpha value is -2.65. The van der Waals surface area contributed by atoms with Crippen molar-refractivity contribution in [2.45, 2.75) is 235 Å². The first-order valence-electron chi connectivity index (χ1n) is 23.2. The molecule has 10 heteroatoms. The van der Waals surface area contributed by atoms with Crippen LogP contribution in [0.4, 0.5) is 0 Å². The molecule has 1 aliphatic heterocycles. The molecule has 0 spiro atoms. The van der Waals surface area contributed by atoms with Gasteiger partial charge in [0.05, 0.1) is 23.7 Å². The number of hydrogen-bond acceptors (Lipinski definition) is 10. The Morgan fingerprint density at radius 2 is 1.15 bits per heavy atom. The maximum Gasteiger partial charge on any atom is 0.309 e. The standard InChI is InChI=1S/C41H56O8.C6H12O2.9CH4/c1-3-19(39(43)48-36-24-14-29-30(15-24)41(45)49-37(29)36)10-25(9-18(2)38(42)46-32-16-22-12-28(32)27-6-4-5-26(22)27)40(44)47-33-17-23-13-31(33)35-21-8-7-20(11-21)34(23)35;1-5(7)8-6(2,3)4;;;;;;;;;/h18-37H,3-17H2,1-2H3;1-4H3;9*1H4. The van der Waals surface area contributed by atoms with Gasteiger partial charge in [0.2, 0.25) is 0 Å². The normalized spacial score (nSPS) is 38.7. The summed E-state index contributed by atoms with van der Waals surface area (Å²) in [4.78, 5) is 64.2. The first-order chi connectivity index (χ1) is 27.2. The van der Waals surface area contributed by atoms with Crippen LogP contribution in [0.5, 0.6) is 0 Å². The molecule has 0 aromatic carbocycles. The first-order valence-corrected chi connectivity index (χ1v) is 23.2. The van der Waals surface area contributed by atoms with Crippen molar-refractivity contribution in [3.63, 3.8) is 0 Å². The van der Waals surface area contributed by atoms with E-state index in [4.69, 9.17) is 23.7 Å². The zero-order valence-electron chi connectivity index (χ0n) is 35.2. The minimum atomic E-state index is -0.581. The van der Waals surface area contributed by atoms with E-state index in [1.165, 1.54) is 58.3 Å². The molecule has 66 heavy (non-hydrogen) atoms. The molecule has 0 aromatic rings. The van der Waals surface area contributed by atoms with E-state index < -0.39 is 23.9 Å². The average Bonchev–Trinajstić information content (AvgIpc) is 3.99. The molecule has 8 bridgehead atoms. The molecule has 0 N–H and O–H groups in total. The van der Waals surface area contributed by atoms with Crippen molar-refractivity contribution in [3.8, 4) is 0 Å². The Labute approximate surface area is 405 Å². The summed E-state index contributed by atoms with van der Waals surface area (Å²) >= 11 is 0. The number of esters is 5. The minimum absolute atomic E-state index is 0. The predicted octanol–water partition coefficient (Wildman–Crippen LogP) is 13.6. The molecule has 0 radical (unpaired) electrons. The summed E-state index contributed by atoms with van der Waals surface area (Å²) in [5.41, 5.74) is -0.328. The first kappa shape index (κ1) is 63.4. The molecule has 10 fully saturated rings. The molecule has 10 aliphatic rings. The van der Waals surface area contributed by atoms with E-state index >= 15 is 0 Å². The zero-order chi connectivity index (χ0) is 40.1. The highest BCUT2D eigenvalue weighted by Gasteiger charge is 2.65. The van der Waals surface area contributed by atoms with Crippen LogP contribution in [-0.4, -0.2) is 59.9 Å². The summed E-state index contributed by atoms with van der Waals surface area (Å²) in [7, 11) is 0. The van der Waals surface area contributed by atoms with Crippen LogP contribution in [0.3, 0.4) is 0 Å². The SMILES string of the molecule is C.C.C.C.C.C.C.C.C.CC(=O)OC(C)(C)C.CCC(CC(CC(C)C(=O)OC1CC2CC1C1CCCC21)C(=O)OC1CC2CC1C1C3CCC(C3)C21)C(=O)OC1C2CC3C(=O)OC1C3C2. The lowest BCUT2D eigenvalue weighted by Gasteiger charge is -2.38. The van der Waals surface area contributed by atoms with Crippen LogP contribution in [0.1, 0.15) is 205 Å². The van der Waals surface area contributed by atoms with Crippen LogP contribution in [-0.2, 0) is 47.7 Å². The molecule has 20 unspecified atom stereocenters. The van der Waals surface area contributed by atoms with Crippen LogP contribution in [0, 0.1) is 94.7 Å². The highest BCUT2D eigenvalue weighted by molar-refractivity contribution is 5.79. The molecule has 1 saturated heterocycles. The fourth-order valence-corrected chi connectivity index (χ4v) is 15.6. The third kappa shape index (κ3) is 11.5. The van der Waals surface area contributed by atoms with E-state index in [-0.39, 0.29) is 138 Å². The van der Waals surface area contributed by atoms with Crippen molar-refractivity contribution < 1.29 is 47.7 Å². The summed E-state index contributed by atoms with van der Waals surface area (Å²) in [5, 5.41) is 0. The van der Waals surface area contributed by atoms with Crippen LogP contribution in [0.25, 0.3) is 0 Å². The second kappa shape index (κ2) is 24.3. The summed E-state index contributed by atoms with van der Waals surface area (Å²) in [6.45, 7) is 10.8. The third-order valence-corrected chi connectivity index (χ3v) is 17.5. The molecule has 388 valence electrons. The van der Waals surface area contributed by atoms with Crippen molar-refractivity contribution in [1.82, 2.24) is 0 Å². The molecular weight excluding hydrogens is 833 g/mol. The highest BCUT2D eigenvalue weighted by Crippen LogP contribution is 2.68. The summed E-state index contributed by atoms with van der Waals surface area (Å²) < 4.78 is 29.3. The van der Waals surface area contributed by atoms with Gasteiger partial charge in [0, 0.05) is 18.8 Å². The number of fused-ring (bicyclic) bond motifs is 15. The van der Waals surface area contributed by atoms with Gasteiger partial charge in [-0.1, -0.05) is 87.1 Å². The molecule has 9 aliphatic carbocycles. The number of hydrogen-bond donors (Lipinski definition) is 0.